The summed E-state index contributed by atoms with van der Waals surface area (Å²) in [4.78, 5) is 12.9. The lowest BCUT2D eigenvalue weighted by Gasteiger charge is -2.49. The Kier molecular flexibility index (Phi) is 8.07. The zero-order valence-electron chi connectivity index (χ0n) is 19.8. The Labute approximate surface area is 188 Å². The predicted octanol–water partition coefficient (Wildman–Crippen LogP) is 6.20. The van der Waals surface area contributed by atoms with Gasteiger partial charge in [-0.05, 0) is 79.4 Å². The molecule has 0 aromatic heterocycles. The lowest BCUT2D eigenvalue weighted by molar-refractivity contribution is -0.0689. The molecule has 2 fully saturated rings. The highest BCUT2D eigenvalue weighted by Crippen LogP contribution is 2.60. The SMILES string of the molecule is CC(C)CCC[C@@H](C)[C@H]1CC[C@H]2[C@@H](OC(=O)c3cccc(O)c3)C[C@H](CCO)C[C@]12C. The molecule has 0 aliphatic heterocycles. The molecule has 2 N–H and O–H groups in total. The monoisotopic (exact) mass is 430 g/mol. The largest absolute Gasteiger partial charge is 0.508 e. The van der Waals surface area contributed by atoms with E-state index in [4.69, 9.17) is 4.74 Å². The minimum Gasteiger partial charge on any atom is -0.508 e. The van der Waals surface area contributed by atoms with Crippen LogP contribution in [0, 0.1) is 35.0 Å². The standard InChI is InChI=1S/C27H42O4/c1-18(2)7-5-8-19(3)23-11-12-24-25(15-20(13-14-28)17-27(23,24)4)31-26(30)21-9-6-10-22(29)16-21/h6,9-10,16,18-20,23-25,28-29H,5,7-8,11-15,17H2,1-4H3/t19-,20+,23-,24+,25+,27-/m1/s1. The second kappa shape index (κ2) is 10.4. The Bertz CT molecular complexity index is 730. The van der Waals surface area contributed by atoms with E-state index in [0.29, 0.717) is 29.2 Å². The van der Waals surface area contributed by atoms with Crippen LogP contribution in [-0.4, -0.2) is 28.9 Å². The van der Waals surface area contributed by atoms with Gasteiger partial charge < -0.3 is 14.9 Å². The van der Waals surface area contributed by atoms with Crippen LogP contribution in [0.25, 0.3) is 0 Å². The third-order valence-electron chi connectivity index (χ3n) is 8.23. The molecule has 1 aromatic rings. The second-order valence-corrected chi connectivity index (χ2v) is 10.9. The molecule has 0 unspecified atom stereocenters. The van der Waals surface area contributed by atoms with Gasteiger partial charge in [-0.2, -0.15) is 0 Å². The molecule has 2 aliphatic rings. The van der Waals surface area contributed by atoms with Crippen molar-refractivity contribution in [2.45, 2.75) is 85.2 Å². The van der Waals surface area contributed by atoms with E-state index in [-0.39, 0.29) is 29.8 Å². The second-order valence-electron chi connectivity index (χ2n) is 10.9. The van der Waals surface area contributed by atoms with Gasteiger partial charge in [0, 0.05) is 12.5 Å². The highest BCUT2D eigenvalue weighted by atomic mass is 16.5. The van der Waals surface area contributed by atoms with Crippen LogP contribution in [-0.2, 0) is 4.74 Å². The average molecular weight is 431 g/mol. The number of phenolic OH excluding ortho intramolecular Hbond substituents is 1. The molecule has 2 saturated carbocycles. The molecule has 2 aliphatic carbocycles. The number of carbonyl (C=O) groups is 1. The van der Waals surface area contributed by atoms with Crippen molar-refractivity contribution >= 4 is 5.97 Å². The quantitative estimate of drug-likeness (QED) is 0.457. The van der Waals surface area contributed by atoms with Gasteiger partial charge in [0.05, 0.1) is 5.56 Å². The molecule has 0 bridgehead atoms. The molecule has 1 aromatic carbocycles. The van der Waals surface area contributed by atoms with Gasteiger partial charge in [-0.25, -0.2) is 4.79 Å². The summed E-state index contributed by atoms with van der Waals surface area (Å²) in [7, 11) is 0. The number of aliphatic hydroxyl groups excluding tert-OH is 1. The van der Waals surface area contributed by atoms with E-state index < -0.39 is 0 Å². The number of ether oxygens (including phenoxy) is 1. The van der Waals surface area contributed by atoms with Crippen LogP contribution < -0.4 is 0 Å². The van der Waals surface area contributed by atoms with Crippen molar-refractivity contribution in [1.82, 2.24) is 0 Å². The summed E-state index contributed by atoms with van der Waals surface area (Å²) in [6.45, 7) is 9.62. The number of carbonyl (C=O) groups excluding carboxylic acids is 1. The molecule has 174 valence electrons. The maximum Gasteiger partial charge on any atom is 0.338 e. The summed E-state index contributed by atoms with van der Waals surface area (Å²) in [5.74, 6) is 2.57. The van der Waals surface area contributed by atoms with Crippen LogP contribution in [0.4, 0.5) is 0 Å². The summed E-state index contributed by atoms with van der Waals surface area (Å²) in [5, 5.41) is 19.4. The topological polar surface area (TPSA) is 66.8 Å². The van der Waals surface area contributed by atoms with E-state index in [1.165, 1.54) is 31.7 Å². The lowest BCUT2D eigenvalue weighted by atomic mass is 9.58. The number of aromatic hydroxyl groups is 1. The van der Waals surface area contributed by atoms with Gasteiger partial charge in [-0.1, -0.05) is 53.0 Å². The highest BCUT2D eigenvalue weighted by molar-refractivity contribution is 5.90. The molecular formula is C27H42O4. The zero-order valence-corrected chi connectivity index (χ0v) is 19.8. The van der Waals surface area contributed by atoms with E-state index in [1.807, 2.05) is 0 Å². The first-order chi connectivity index (χ1) is 14.7. The van der Waals surface area contributed by atoms with Gasteiger partial charge in [0.1, 0.15) is 11.9 Å². The van der Waals surface area contributed by atoms with Gasteiger partial charge in [-0.3, -0.25) is 0 Å². The van der Waals surface area contributed by atoms with E-state index in [9.17, 15) is 15.0 Å². The van der Waals surface area contributed by atoms with Crippen molar-refractivity contribution in [2.75, 3.05) is 6.61 Å². The smallest absolute Gasteiger partial charge is 0.338 e. The fourth-order valence-corrected chi connectivity index (χ4v) is 6.76. The number of phenols is 1. The van der Waals surface area contributed by atoms with Gasteiger partial charge in [0.15, 0.2) is 0 Å². The van der Waals surface area contributed by atoms with Crippen LogP contribution in [0.3, 0.4) is 0 Å². The van der Waals surface area contributed by atoms with Gasteiger partial charge in [0.25, 0.3) is 0 Å². The summed E-state index contributed by atoms with van der Waals surface area (Å²) < 4.78 is 6.10. The molecule has 4 nitrogen and oxygen atoms in total. The first-order valence-corrected chi connectivity index (χ1v) is 12.4. The van der Waals surface area contributed by atoms with Crippen LogP contribution in [0.5, 0.6) is 5.75 Å². The van der Waals surface area contributed by atoms with Gasteiger partial charge in [-0.15, -0.1) is 0 Å². The number of aliphatic hydroxyl groups is 1. The minimum absolute atomic E-state index is 0.0808. The van der Waals surface area contributed by atoms with Crippen molar-refractivity contribution in [1.29, 1.82) is 0 Å². The Balaban J connectivity index is 1.75. The summed E-state index contributed by atoms with van der Waals surface area (Å²) in [5.41, 5.74) is 0.557. The van der Waals surface area contributed by atoms with Crippen LogP contribution >= 0.6 is 0 Å². The van der Waals surface area contributed by atoms with E-state index in [0.717, 1.165) is 31.6 Å². The van der Waals surface area contributed by atoms with E-state index in [1.54, 1.807) is 18.2 Å². The Morgan fingerprint density at radius 3 is 2.68 bits per heavy atom. The maximum atomic E-state index is 12.9. The Morgan fingerprint density at radius 1 is 1.23 bits per heavy atom. The van der Waals surface area contributed by atoms with Crippen molar-refractivity contribution in [3.63, 3.8) is 0 Å². The van der Waals surface area contributed by atoms with Crippen LogP contribution in [0.1, 0.15) is 89.4 Å². The minimum atomic E-state index is -0.346. The van der Waals surface area contributed by atoms with Gasteiger partial charge >= 0.3 is 5.97 Å². The molecular weight excluding hydrogens is 388 g/mol. The molecule has 0 saturated heterocycles. The molecule has 6 atom stereocenters. The van der Waals surface area contributed by atoms with Crippen LogP contribution in [0.15, 0.2) is 24.3 Å². The molecule has 0 radical (unpaired) electrons. The summed E-state index contributed by atoms with van der Waals surface area (Å²) in [6, 6.07) is 6.41. The molecule has 0 amide bonds. The first-order valence-electron chi connectivity index (χ1n) is 12.4. The number of esters is 1. The fourth-order valence-electron chi connectivity index (χ4n) is 6.76. The number of hydrogen-bond acceptors (Lipinski definition) is 4. The number of fused-ring (bicyclic) bond motifs is 1. The normalized spacial score (nSPS) is 31.4. The van der Waals surface area contributed by atoms with E-state index in [2.05, 4.69) is 27.7 Å². The summed E-state index contributed by atoms with van der Waals surface area (Å²) >= 11 is 0. The third-order valence-corrected chi connectivity index (χ3v) is 8.23. The average Bonchev–Trinajstić information content (AvgIpc) is 3.05. The number of rotatable bonds is 9. The van der Waals surface area contributed by atoms with Crippen molar-refractivity contribution < 1.29 is 19.7 Å². The highest BCUT2D eigenvalue weighted by Gasteiger charge is 2.55. The van der Waals surface area contributed by atoms with Crippen LogP contribution in [0.2, 0.25) is 0 Å². The van der Waals surface area contributed by atoms with Crippen molar-refractivity contribution in [3.05, 3.63) is 29.8 Å². The third kappa shape index (κ3) is 5.63. The Morgan fingerprint density at radius 2 is 2.00 bits per heavy atom. The first kappa shape index (κ1) is 24.1. The zero-order chi connectivity index (χ0) is 22.6. The van der Waals surface area contributed by atoms with E-state index >= 15 is 0 Å². The fraction of sp³-hybridized carbons (Fsp3) is 0.741. The molecule has 4 heteroatoms. The number of benzene rings is 1. The molecule has 0 heterocycles. The Hall–Kier alpha value is -1.55. The molecule has 31 heavy (non-hydrogen) atoms. The van der Waals surface area contributed by atoms with Crippen molar-refractivity contribution in [3.8, 4) is 5.75 Å². The summed E-state index contributed by atoms with van der Waals surface area (Å²) in [6.07, 6.45) is 8.77. The lowest BCUT2D eigenvalue weighted by Crippen LogP contribution is -2.46. The molecule has 0 spiro atoms. The predicted molar refractivity (Wildman–Crippen MR) is 124 cm³/mol. The van der Waals surface area contributed by atoms with Gasteiger partial charge in [0.2, 0.25) is 0 Å². The number of hydrogen-bond donors (Lipinski definition) is 2. The molecule has 3 rings (SSSR count). The van der Waals surface area contributed by atoms with Crippen molar-refractivity contribution in [2.24, 2.45) is 35.0 Å². The maximum absolute atomic E-state index is 12.9.